The van der Waals surface area contributed by atoms with Crippen LogP contribution in [0.1, 0.15) is 36.0 Å². The van der Waals surface area contributed by atoms with Crippen LogP contribution in [0, 0.1) is 0 Å². The first-order valence-corrected chi connectivity index (χ1v) is 11.8. The highest BCUT2D eigenvalue weighted by molar-refractivity contribution is 6.09. The number of hydrogen-bond donors (Lipinski definition) is 1. The van der Waals surface area contributed by atoms with Crippen LogP contribution in [0.5, 0.6) is 0 Å². The van der Waals surface area contributed by atoms with Crippen LogP contribution in [0.4, 0.5) is 5.69 Å². The molecule has 2 aliphatic carbocycles. The Hall–Kier alpha value is -3.19. The summed E-state index contributed by atoms with van der Waals surface area (Å²) >= 11 is 0. The smallest absolute Gasteiger partial charge is 0.254 e. The molecule has 33 heavy (non-hydrogen) atoms. The number of carbonyl (C=O) groups excluding carboxylic acids is 2. The molecule has 170 valence electrons. The first-order chi connectivity index (χ1) is 16.0. The Morgan fingerprint density at radius 3 is 2.42 bits per heavy atom. The zero-order chi connectivity index (χ0) is 22.6. The number of carbonyl (C=O) groups is 2. The molecule has 3 heterocycles. The average molecular weight is 445 g/mol. The molecule has 1 aromatic carbocycles. The molecule has 6 rings (SSSR count). The molecule has 7 heteroatoms. The maximum atomic E-state index is 13.0. The lowest BCUT2D eigenvalue weighted by Crippen LogP contribution is -2.53. The molecular formula is C26H28N4O3. The number of anilines is 1. The largest absolute Gasteiger partial charge is 0.380 e. The van der Waals surface area contributed by atoms with E-state index < -0.39 is 5.60 Å². The van der Waals surface area contributed by atoms with Crippen LogP contribution in [0.3, 0.4) is 0 Å². The first kappa shape index (κ1) is 20.4. The van der Waals surface area contributed by atoms with Gasteiger partial charge in [0, 0.05) is 80.2 Å². The van der Waals surface area contributed by atoms with Gasteiger partial charge in [0.1, 0.15) is 5.60 Å². The van der Waals surface area contributed by atoms with E-state index in [1.54, 1.807) is 9.80 Å². The van der Waals surface area contributed by atoms with Gasteiger partial charge >= 0.3 is 0 Å². The zero-order valence-corrected chi connectivity index (χ0v) is 18.7. The predicted octanol–water partition coefficient (Wildman–Crippen LogP) is 2.30. The van der Waals surface area contributed by atoms with Crippen LogP contribution in [0.25, 0.3) is 0 Å². The van der Waals surface area contributed by atoms with Crippen molar-refractivity contribution in [2.45, 2.75) is 31.3 Å². The summed E-state index contributed by atoms with van der Waals surface area (Å²) in [5.74, 6) is -0.186. The summed E-state index contributed by atoms with van der Waals surface area (Å²) in [6, 6.07) is 7.89. The summed E-state index contributed by atoms with van der Waals surface area (Å²) in [7, 11) is 0. The van der Waals surface area contributed by atoms with Gasteiger partial charge in [-0.3, -0.25) is 14.6 Å². The number of allylic oxidation sites excluding steroid dienone is 3. The number of piperazine rings is 1. The van der Waals surface area contributed by atoms with Crippen molar-refractivity contribution in [3.05, 3.63) is 64.9 Å². The Labute approximate surface area is 193 Å². The highest BCUT2D eigenvalue weighted by Gasteiger charge is 2.50. The molecule has 0 aromatic heterocycles. The van der Waals surface area contributed by atoms with Gasteiger partial charge in [-0.2, -0.15) is 0 Å². The Kier molecular flexibility index (Phi) is 4.76. The molecule has 0 atom stereocenters. The Morgan fingerprint density at radius 1 is 0.970 bits per heavy atom. The molecule has 1 N–H and O–H groups in total. The normalized spacial score (nSPS) is 23.1. The summed E-state index contributed by atoms with van der Waals surface area (Å²) in [6.45, 7) is 3.72. The molecule has 1 aromatic rings. The Balaban J connectivity index is 1.09. The van der Waals surface area contributed by atoms with Gasteiger partial charge in [-0.15, -0.1) is 0 Å². The molecule has 1 saturated heterocycles. The van der Waals surface area contributed by atoms with Crippen LogP contribution >= 0.6 is 0 Å². The van der Waals surface area contributed by atoms with Gasteiger partial charge in [0.25, 0.3) is 11.8 Å². The average Bonchev–Trinajstić information content (AvgIpc) is 3.51. The first-order valence-electron chi connectivity index (χ1n) is 11.8. The van der Waals surface area contributed by atoms with E-state index in [4.69, 9.17) is 4.99 Å². The lowest BCUT2D eigenvalue weighted by Gasteiger charge is -2.36. The van der Waals surface area contributed by atoms with Crippen molar-refractivity contribution in [3.63, 3.8) is 0 Å². The molecule has 3 aliphatic heterocycles. The van der Waals surface area contributed by atoms with Gasteiger partial charge < -0.3 is 19.8 Å². The number of aliphatic imine (C=N–C) groups is 1. The molecule has 0 spiro atoms. The second kappa shape index (κ2) is 7.70. The van der Waals surface area contributed by atoms with E-state index in [1.165, 1.54) is 22.6 Å². The van der Waals surface area contributed by atoms with Crippen molar-refractivity contribution in [1.29, 1.82) is 0 Å². The summed E-state index contributed by atoms with van der Waals surface area (Å²) < 4.78 is 0. The molecule has 2 amide bonds. The maximum absolute atomic E-state index is 13.0. The van der Waals surface area contributed by atoms with Crippen molar-refractivity contribution < 1.29 is 14.7 Å². The molecule has 1 saturated carbocycles. The van der Waals surface area contributed by atoms with E-state index in [9.17, 15) is 14.7 Å². The van der Waals surface area contributed by atoms with Gasteiger partial charge in [-0.25, -0.2) is 0 Å². The van der Waals surface area contributed by atoms with Crippen molar-refractivity contribution in [3.8, 4) is 0 Å². The number of rotatable bonds is 3. The molecule has 0 unspecified atom stereocenters. The number of hydrogen-bond acceptors (Lipinski definition) is 5. The minimum Gasteiger partial charge on any atom is -0.380 e. The zero-order valence-electron chi connectivity index (χ0n) is 18.7. The minimum atomic E-state index is -1.14. The predicted molar refractivity (Wildman–Crippen MR) is 126 cm³/mol. The summed E-state index contributed by atoms with van der Waals surface area (Å²) in [6.07, 6.45) is 9.41. The second-order valence-electron chi connectivity index (χ2n) is 9.53. The molecule has 2 fully saturated rings. The highest BCUT2D eigenvalue weighted by atomic mass is 16.3. The van der Waals surface area contributed by atoms with E-state index in [0.717, 1.165) is 31.6 Å². The van der Waals surface area contributed by atoms with Gasteiger partial charge in [0.05, 0.1) is 5.71 Å². The number of fused-ring (bicyclic) bond motifs is 2. The minimum absolute atomic E-state index is 0.00426. The van der Waals surface area contributed by atoms with Gasteiger partial charge in [0.2, 0.25) is 0 Å². The topological polar surface area (TPSA) is 76.5 Å². The third-order valence-corrected chi connectivity index (χ3v) is 7.39. The summed E-state index contributed by atoms with van der Waals surface area (Å²) in [4.78, 5) is 36.0. The van der Waals surface area contributed by atoms with E-state index in [-0.39, 0.29) is 11.8 Å². The monoisotopic (exact) mass is 444 g/mol. The van der Waals surface area contributed by atoms with E-state index in [2.05, 4.69) is 23.1 Å². The number of amides is 2. The fourth-order valence-electron chi connectivity index (χ4n) is 5.17. The fourth-order valence-corrected chi connectivity index (χ4v) is 5.17. The van der Waals surface area contributed by atoms with Gasteiger partial charge in [0.15, 0.2) is 0 Å². The van der Waals surface area contributed by atoms with E-state index >= 15 is 0 Å². The van der Waals surface area contributed by atoms with Crippen LogP contribution in [0.2, 0.25) is 0 Å². The van der Waals surface area contributed by atoms with Crippen LogP contribution in [-0.4, -0.2) is 77.3 Å². The SMILES string of the molecule is O=C(c1ccc(N2CCC3=C(C2)C2=CC=CCC2=N3)cc1)N1CCN(C(=O)C2(O)CC2)CC1. The van der Waals surface area contributed by atoms with Crippen molar-refractivity contribution in [1.82, 2.24) is 9.80 Å². The second-order valence-corrected chi connectivity index (χ2v) is 9.53. The van der Waals surface area contributed by atoms with E-state index in [1.807, 2.05) is 24.3 Å². The highest BCUT2D eigenvalue weighted by Crippen LogP contribution is 2.37. The van der Waals surface area contributed by atoms with Crippen molar-refractivity contribution in [2.75, 3.05) is 44.2 Å². The fraction of sp³-hybridized carbons (Fsp3) is 0.423. The van der Waals surface area contributed by atoms with Crippen LogP contribution in [-0.2, 0) is 4.79 Å². The molecular weight excluding hydrogens is 416 g/mol. The van der Waals surface area contributed by atoms with Crippen LogP contribution < -0.4 is 4.90 Å². The summed E-state index contributed by atoms with van der Waals surface area (Å²) in [5.41, 5.74) is 5.70. The summed E-state index contributed by atoms with van der Waals surface area (Å²) in [5, 5.41) is 10.1. The molecule has 5 aliphatic rings. The Morgan fingerprint density at radius 2 is 1.70 bits per heavy atom. The third-order valence-electron chi connectivity index (χ3n) is 7.39. The van der Waals surface area contributed by atoms with Gasteiger partial charge in [-0.05, 0) is 37.1 Å². The maximum Gasteiger partial charge on any atom is 0.254 e. The number of nitrogens with zero attached hydrogens (tertiary/aromatic N) is 4. The van der Waals surface area contributed by atoms with Crippen molar-refractivity contribution >= 4 is 23.2 Å². The van der Waals surface area contributed by atoms with E-state index in [0.29, 0.717) is 44.6 Å². The standard InChI is InChI=1S/C26H28N4O3/c31-24(28-13-15-29(16-14-28)25(32)26(33)10-11-26)18-5-7-19(8-6-18)30-12-9-23-21(17-30)20-3-1-2-4-22(20)27-23/h1-3,5-8,33H,4,9-17H2. The molecule has 0 radical (unpaired) electrons. The van der Waals surface area contributed by atoms with Crippen LogP contribution in [0.15, 0.2) is 64.3 Å². The van der Waals surface area contributed by atoms with Crippen molar-refractivity contribution in [2.24, 2.45) is 4.99 Å². The third kappa shape index (κ3) is 3.60. The number of benzene rings is 1. The Bertz CT molecular complexity index is 1130. The van der Waals surface area contributed by atoms with Gasteiger partial charge in [-0.1, -0.05) is 18.2 Å². The molecule has 0 bridgehead atoms. The quantitative estimate of drug-likeness (QED) is 0.776. The lowest BCUT2D eigenvalue weighted by atomic mass is 9.94. The lowest BCUT2D eigenvalue weighted by molar-refractivity contribution is -0.143. The number of aliphatic hydroxyl groups is 1. The molecule has 7 nitrogen and oxygen atoms in total.